The highest BCUT2D eigenvalue weighted by molar-refractivity contribution is 5.87. The Bertz CT molecular complexity index is 607. The van der Waals surface area contributed by atoms with Crippen LogP contribution in [0, 0.1) is 16.6 Å². The molecule has 0 aliphatic rings. The molecule has 0 aliphatic heterocycles. The Kier molecular flexibility index (Phi) is 7.67. The lowest BCUT2D eigenvalue weighted by Gasteiger charge is -2.19. The van der Waals surface area contributed by atoms with Crippen LogP contribution in [0.3, 0.4) is 0 Å². The van der Waals surface area contributed by atoms with Crippen molar-refractivity contribution >= 4 is 17.9 Å². The number of ether oxygens (including phenoxy) is 3. The van der Waals surface area contributed by atoms with Gasteiger partial charge < -0.3 is 19.9 Å². The molecule has 1 aromatic carbocycles. The minimum absolute atomic E-state index is 0.0267. The van der Waals surface area contributed by atoms with Crippen LogP contribution in [0.5, 0.6) is 5.75 Å². The van der Waals surface area contributed by atoms with E-state index in [1.54, 1.807) is 0 Å². The van der Waals surface area contributed by atoms with Gasteiger partial charge in [-0.25, -0.2) is 9.18 Å². The first-order chi connectivity index (χ1) is 11.3. The van der Waals surface area contributed by atoms with E-state index in [1.807, 2.05) is 6.92 Å². The van der Waals surface area contributed by atoms with E-state index in [0.717, 1.165) is 12.8 Å². The third-order valence-corrected chi connectivity index (χ3v) is 2.99. The molecule has 0 heterocycles. The molecule has 0 aromatic heterocycles. The standard InChI is InChI=1S/C16H22FN3O4/c1-3-4-7-22-11-5-6-13(17)12(8-11)14(24-16(20)21)9-15(19)23-10(2)18/h5-6,8,14,18-19H,3-4,7,9H2,1-2H3,(H2,20,21). The largest absolute Gasteiger partial charge is 0.494 e. The molecule has 1 rings (SSSR count). The maximum Gasteiger partial charge on any atom is 0.405 e. The number of rotatable bonds is 8. The van der Waals surface area contributed by atoms with Crippen molar-refractivity contribution in [2.75, 3.05) is 6.61 Å². The van der Waals surface area contributed by atoms with E-state index in [-0.39, 0.29) is 23.8 Å². The fraction of sp³-hybridized carbons (Fsp3) is 0.438. The van der Waals surface area contributed by atoms with Crippen molar-refractivity contribution in [1.82, 2.24) is 0 Å². The van der Waals surface area contributed by atoms with Gasteiger partial charge in [0.2, 0.25) is 0 Å². The Labute approximate surface area is 139 Å². The third-order valence-electron chi connectivity index (χ3n) is 2.99. The van der Waals surface area contributed by atoms with Crippen LogP contribution >= 0.6 is 0 Å². The van der Waals surface area contributed by atoms with Crippen molar-refractivity contribution in [3.63, 3.8) is 0 Å². The van der Waals surface area contributed by atoms with Crippen LogP contribution in [0.1, 0.15) is 44.8 Å². The summed E-state index contributed by atoms with van der Waals surface area (Å²) >= 11 is 0. The molecule has 0 saturated heterocycles. The van der Waals surface area contributed by atoms with Gasteiger partial charge in [0, 0.05) is 12.5 Å². The summed E-state index contributed by atoms with van der Waals surface area (Å²) in [5.74, 6) is -0.738. The van der Waals surface area contributed by atoms with Crippen LogP contribution in [-0.4, -0.2) is 24.5 Å². The van der Waals surface area contributed by atoms with Crippen molar-refractivity contribution in [2.24, 2.45) is 5.73 Å². The summed E-state index contributed by atoms with van der Waals surface area (Å²) < 4.78 is 29.4. The van der Waals surface area contributed by atoms with Gasteiger partial charge in [-0.05, 0) is 24.6 Å². The average molecular weight is 339 g/mol. The molecule has 1 unspecified atom stereocenters. The van der Waals surface area contributed by atoms with Crippen LogP contribution < -0.4 is 10.5 Å². The second kappa shape index (κ2) is 9.49. The Morgan fingerprint density at radius 1 is 1.38 bits per heavy atom. The third kappa shape index (κ3) is 6.64. The van der Waals surface area contributed by atoms with Gasteiger partial charge in [-0.15, -0.1) is 0 Å². The molecule has 0 fully saturated rings. The molecule has 0 aliphatic carbocycles. The quantitative estimate of drug-likeness (QED) is 0.381. The van der Waals surface area contributed by atoms with E-state index in [0.29, 0.717) is 12.4 Å². The molecule has 4 N–H and O–H groups in total. The van der Waals surface area contributed by atoms with Crippen molar-refractivity contribution in [1.29, 1.82) is 10.8 Å². The van der Waals surface area contributed by atoms with Gasteiger partial charge in [-0.1, -0.05) is 13.3 Å². The molecule has 0 spiro atoms. The lowest BCUT2D eigenvalue weighted by atomic mass is 10.1. The zero-order chi connectivity index (χ0) is 18.1. The number of nitrogens with two attached hydrogens (primary N) is 1. The van der Waals surface area contributed by atoms with Crippen LogP contribution in [0.2, 0.25) is 0 Å². The van der Waals surface area contributed by atoms with Gasteiger partial charge >= 0.3 is 6.09 Å². The zero-order valence-electron chi connectivity index (χ0n) is 13.7. The minimum atomic E-state index is -1.15. The molecular formula is C16H22FN3O4. The second-order valence-corrected chi connectivity index (χ2v) is 5.10. The number of nitrogens with one attached hydrogen (secondary N) is 2. The first-order valence-electron chi connectivity index (χ1n) is 7.52. The lowest BCUT2D eigenvalue weighted by molar-refractivity contribution is 0.106. The number of carbonyl (C=O) groups is 1. The maximum absolute atomic E-state index is 14.1. The second-order valence-electron chi connectivity index (χ2n) is 5.10. The molecule has 132 valence electrons. The van der Waals surface area contributed by atoms with Crippen molar-refractivity contribution in [2.45, 2.75) is 39.2 Å². The number of hydrogen-bond donors (Lipinski definition) is 3. The van der Waals surface area contributed by atoms with E-state index >= 15 is 0 Å². The summed E-state index contributed by atoms with van der Waals surface area (Å²) in [6.07, 6.45) is -0.696. The van der Waals surface area contributed by atoms with E-state index in [2.05, 4.69) is 0 Å². The SMILES string of the molecule is CCCCOc1ccc(F)c(C(CC(=N)OC(C)=N)OC(N)=O)c1. The number of amides is 1. The van der Waals surface area contributed by atoms with Crippen molar-refractivity contribution in [3.05, 3.63) is 29.6 Å². The fourth-order valence-corrected chi connectivity index (χ4v) is 1.94. The van der Waals surface area contributed by atoms with Crippen molar-refractivity contribution in [3.8, 4) is 5.75 Å². The first-order valence-corrected chi connectivity index (χ1v) is 7.52. The predicted octanol–water partition coefficient (Wildman–Crippen LogP) is 3.52. The summed E-state index contributed by atoms with van der Waals surface area (Å²) in [7, 11) is 0. The molecule has 0 bridgehead atoms. The van der Waals surface area contributed by atoms with Crippen LogP contribution in [-0.2, 0) is 9.47 Å². The van der Waals surface area contributed by atoms with E-state index in [4.69, 9.17) is 30.8 Å². The molecule has 0 radical (unpaired) electrons. The Morgan fingerprint density at radius 3 is 2.67 bits per heavy atom. The Morgan fingerprint density at radius 2 is 2.08 bits per heavy atom. The molecule has 7 nitrogen and oxygen atoms in total. The lowest BCUT2D eigenvalue weighted by Crippen LogP contribution is -2.21. The number of halogens is 1. The first kappa shape index (κ1) is 19.4. The molecule has 1 amide bonds. The van der Waals surface area contributed by atoms with E-state index < -0.39 is 18.0 Å². The number of primary amides is 1. The predicted molar refractivity (Wildman–Crippen MR) is 87.0 cm³/mol. The molecular weight excluding hydrogens is 317 g/mol. The van der Waals surface area contributed by atoms with E-state index in [1.165, 1.54) is 25.1 Å². The number of hydrogen-bond acceptors (Lipinski definition) is 6. The van der Waals surface area contributed by atoms with Crippen LogP contribution in [0.25, 0.3) is 0 Å². The highest BCUT2D eigenvalue weighted by Crippen LogP contribution is 2.28. The zero-order valence-corrected chi connectivity index (χ0v) is 13.7. The topological polar surface area (TPSA) is 118 Å². The minimum Gasteiger partial charge on any atom is -0.494 e. The summed E-state index contributed by atoms with van der Waals surface area (Å²) in [6, 6.07) is 4.07. The Hall–Kier alpha value is -2.64. The Balaban J connectivity index is 2.98. The molecule has 8 heteroatoms. The van der Waals surface area contributed by atoms with Gasteiger partial charge in [0.15, 0.2) is 11.8 Å². The van der Waals surface area contributed by atoms with Crippen LogP contribution in [0.4, 0.5) is 9.18 Å². The van der Waals surface area contributed by atoms with Gasteiger partial charge in [0.05, 0.1) is 13.0 Å². The smallest absolute Gasteiger partial charge is 0.405 e. The highest BCUT2D eigenvalue weighted by Gasteiger charge is 2.23. The van der Waals surface area contributed by atoms with Gasteiger partial charge in [0.1, 0.15) is 17.7 Å². The van der Waals surface area contributed by atoms with Gasteiger partial charge in [-0.3, -0.25) is 10.8 Å². The molecule has 1 atom stereocenters. The molecule has 1 aromatic rings. The maximum atomic E-state index is 14.1. The number of unbranched alkanes of at least 4 members (excludes halogenated alkanes) is 1. The van der Waals surface area contributed by atoms with Crippen LogP contribution in [0.15, 0.2) is 18.2 Å². The normalized spacial score (nSPS) is 11.5. The number of benzene rings is 1. The van der Waals surface area contributed by atoms with E-state index in [9.17, 15) is 9.18 Å². The summed E-state index contributed by atoms with van der Waals surface area (Å²) in [6.45, 7) is 3.85. The summed E-state index contributed by atoms with van der Waals surface area (Å²) in [4.78, 5) is 11.1. The number of carbonyl (C=O) groups excluding carboxylic acids is 1. The fourth-order valence-electron chi connectivity index (χ4n) is 1.94. The van der Waals surface area contributed by atoms with Gasteiger partial charge in [-0.2, -0.15) is 0 Å². The highest BCUT2D eigenvalue weighted by atomic mass is 19.1. The monoisotopic (exact) mass is 339 g/mol. The molecule has 24 heavy (non-hydrogen) atoms. The van der Waals surface area contributed by atoms with Crippen molar-refractivity contribution < 1.29 is 23.4 Å². The molecule has 0 saturated carbocycles. The average Bonchev–Trinajstić information content (AvgIpc) is 2.47. The summed E-state index contributed by atoms with van der Waals surface area (Å²) in [5.41, 5.74) is 5.05. The van der Waals surface area contributed by atoms with Gasteiger partial charge in [0.25, 0.3) is 0 Å². The summed E-state index contributed by atoms with van der Waals surface area (Å²) in [5, 5.41) is 14.9.